The third-order valence-electron chi connectivity index (χ3n) is 1.85. The summed E-state index contributed by atoms with van der Waals surface area (Å²) in [6.45, 7) is 0. The molecule has 0 spiro atoms. The lowest BCUT2D eigenvalue weighted by atomic mass is 10.2. The summed E-state index contributed by atoms with van der Waals surface area (Å²) in [5, 5.41) is 1.29. The number of aromatic nitrogens is 1. The second-order valence-electron chi connectivity index (χ2n) is 2.52. The molecular weight excluding hydrogens is 234 g/mol. The van der Waals surface area contributed by atoms with Crippen molar-refractivity contribution < 1.29 is 0 Å². The van der Waals surface area contributed by atoms with Gasteiger partial charge in [0.15, 0.2) is 0 Å². The zero-order valence-corrected chi connectivity index (χ0v) is 9.00. The molecule has 1 aromatic carbocycles. The van der Waals surface area contributed by atoms with Crippen molar-refractivity contribution in [2.45, 2.75) is 4.90 Å². The number of hydrogen-bond donors (Lipinski definition) is 1. The first-order valence-electron chi connectivity index (χ1n) is 3.62. The Balaban J connectivity index is 2.80. The third-order valence-corrected chi connectivity index (χ3v) is 3.29. The van der Waals surface area contributed by atoms with Crippen LogP contribution in [0.2, 0.25) is 0 Å². The van der Waals surface area contributed by atoms with Gasteiger partial charge in [-0.3, -0.25) is 0 Å². The molecule has 0 aliphatic rings. The van der Waals surface area contributed by atoms with Crippen LogP contribution in [0.4, 0.5) is 0 Å². The number of benzene rings is 1. The van der Waals surface area contributed by atoms with Crippen molar-refractivity contribution in [3.63, 3.8) is 0 Å². The molecule has 0 atom stereocenters. The molecule has 12 heavy (non-hydrogen) atoms. The maximum atomic E-state index is 3.50. The molecule has 0 amide bonds. The highest BCUT2D eigenvalue weighted by molar-refractivity contribution is 9.10. The van der Waals surface area contributed by atoms with Gasteiger partial charge in [-0.05, 0) is 28.3 Å². The van der Waals surface area contributed by atoms with E-state index >= 15 is 0 Å². The first-order chi connectivity index (χ1) is 5.83. The summed E-state index contributed by atoms with van der Waals surface area (Å²) in [6.07, 6.45) is 4.13. The molecule has 0 saturated heterocycles. The number of halogens is 1. The zero-order chi connectivity index (χ0) is 8.55. The van der Waals surface area contributed by atoms with Crippen LogP contribution in [0.25, 0.3) is 10.9 Å². The van der Waals surface area contributed by atoms with Gasteiger partial charge in [0.1, 0.15) is 0 Å². The summed E-state index contributed by atoms with van der Waals surface area (Å²) >= 11 is 5.26. The summed E-state index contributed by atoms with van der Waals surface area (Å²) in [5.74, 6) is 0. The fourth-order valence-corrected chi connectivity index (χ4v) is 2.31. The van der Waals surface area contributed by atoms with Gasteiger partial charge in [0.05, 0.1) is 5.52 Å². The van der Waals surface area contributed by atoms with Crippen LogP contribution in [0.15, 0.2) is 33.8 Å². The van der Waals surface area contributed by atoms with Crippen LogP contribution >= 0.6 is 27.7 Å². The topological polar surface area (TPSA) is 15.8 Å². The van der Waals surface area contributed by atoms with Crippen LogP contribution < -0.4 is 0 Å². The van der Waals surface area contributed by atoms with E-state index in [-0.39, 0.29) is 0 Å². The Morgan fingerprint density at radius 2 is 2.25 bits per heavy atom. The molecule has 0 radical (unpaired) electrons. The van der Waals surface area contributed by atoms with Crippen molar-refractivity contribution in [2.75, 3.05) is 6.26 Å². The van der Waals surface area contributed by atoms with E-state index in [1.807, 2.05) is 12.3 Å². The van der Waals surface area contributed by atoms with Gasteiger partial charge in [-0.25, -0.2) is 0 Å². The molecule has 1 aromatic heterocycles. The van der Waals surface area contributed by atoms with E-state index in [1.54, 1.807) is 11.8 Å². The standard InChI is InChI=1S/C9H8BrNS/c1-12-8-5-11-9-6(8)3-2-4-7(9)10/h2-5,11H,1H3. The molecular formula is C9H8BrNS. The van der Waals surface area contributed by atoms with E-state index in [2.05, 4.69) is 39.3 Å². The molecule has 1 nitrogen and oxygen atoms in total. The van der Waals surface area contributed by atoms with Gasteiger partial charge in [-0.15, -0.1) is 11.8 Å². The minimum atomic E-state index is 1.13. The van der Waals surface area contributed by atoms with Gasteiger partial charge in [-0.1, -0.05) is 12.1 Å². The highest BCUT2D eigenvalue weighted by atomic mass is 79.9. The molecule has 0 saturated carbocycles. The average molecular weight is 242 g/mol. The molecule has 0 unspecified atom stereocenters. The Morgan fingerprint density at radius 3 is 3.00 bits per heavy atom. The number of thioether (sulfide) groups is 1. The predicted molar refractivity (Wildman–Crippen MR) is 57.8 cm³/mol. The van der Waals surface area contributed by atoms with Crippen molar-refractivity contribution in [3.05, 3.63) is 28.9 Å². The number of rotatable bonds is 1. The van der Waals surface area contributed by atoms with Crippen molar-refractivity contribution in [2.24, 2.45) is 0 Å². The second-order valence-corrected chi connectivity index (χ2v) is 4.22. The molecule has 0 aliphatic carbocycles. The van der Waals surface area contributed by atoms with Crippen molar-refractivity contribution in [1.29, 1.82) is 0 Å². The summed E-state index contributed by atoms with van der Waals surface area (Å²) in [4.78, 5) is 4.54. The van der Waals surface area contributed by atoms with Crippen molar-refractivity contribution in [3.8, 4) is 0 Å². The van der Waals surface area contributed by atoms with Crippen LogP contribution in [0.3, 0.4) is 0 Å². The fourth-order valence-electron chi connectivity index (χ4n) is 1.26. The van der Waals surface area contributed by atoms with Gasteiger partial charge >= 0.3 is 0 Å². The van der Waals surface area contributed by atoms with E-state index in [9.17, 15) is 0 Å². The third kappa shape index (κ3) is 1.17. The van der Waals surface area contributed by atoms with Gasteiger partial charge in [0.25, 0.3) is 0 Å². The van der Waals surface area contributed by atoms with Crippen LogP contribution in [0.5, 0.6) is 0 Å². The lowest BCUT2D eigenvalue weighted by molar-refractivity contribution is 1.41. The van der Waals surface area contributed by atoms with Gasteiger partial charge < -0.3 is 4.98 Å². The molecule has 0 aliphatic heterocycles. The predicted octanol–water partition coefficient (Wildman–Crippen LogP) is 3.65. The first-order valence-corrected chi connectivity index (χ1v) is 5.64. The summed E-state index contributed by atoms with van der Waals surface area (Å²) in [7, 11) is 0. The second kappa shape index (κ2) is 3.15. The highest BCUT2D eigenvalue weighted by Gasteiger charge is 2.03. The van der Waals surface area contributed by atoms with E-state index in [0.29, 0.717) is 0 Å². The Hall–Kier alpha value is -0.410. The quantitative estimate of drug-likeness (QED) is 0.754. The summed E-state index contributed by atoms with van der Waals surface area (Å²) < 4.78 is 1.13. The lowest BCUT2D eigenvalue weighted by Crippen LogP contribution is -1.69. The van der Waals surface area contributed by atoms with Gasteiger partial charge in [-0.2, -0.15) is 0 Å². The van der Waals surface area contributed by atoms with Gasteiger partial charge in [0.2, 0.25) is 0 Å². The number of hydrogen-bond acceptors (Lipinski definition) is 1. The van der Waals surface area contributed by atoms with Crippen LogP contribution in [-0.2, 0) is 0 Å². The zero-order valence-electron chi connectivity index (χ0n) is 6.60. The average Bonchev–Trinajstić information content (AvgIpc) is 2.49. The largest absolute Gasteiger partial charge is 0.359 e. The van der Waals surface area contributed by atoms with E-state index < -0.39 is 0 Å². The number of aromatic amines is 1. The molecule has 62 valence electrons. The van der Waals surface area contributed by atoms with Crippen molar-refractivity contribution >= 4 is 38.6 Å². The summed E-state index contributed by atoms with van der Waals surface area (Å²) in [5.41, 5.74) is 1.18. The smallest absolute Gasteiger partial charge is 0.0609 e. The lowest BCUT2D eigenvalue weighted by Gasteiger charge is -1.94. The Morgan fingerprint density at radius 1 is 1.42 bits per heavy atom. The molecule has 2 aromatic rings. The normalized spacial score (nSPS) is 10.8. The SMILES string of the molecule is CSc1c[nH]c2c(Br)cccc12. The number of fused-ring (bicyclic) bond motifs is 1. The maximum Gasteiger partial charge on any atom is 0.0609 e. The van der Waals surface area contributed by atoms with Crippen LogP contribution in [0, 0.1) is 0 Å². The Kier molecular flexibility index (Phi) is 2.15. The monoisotopic (exact) mass is 241 g/mol. The molecule has 0 bridgehead atoms. The number of para-hydroxylation sites is 1. The molecule has 1 heterocycles. The maximum absolute atomic E-state index is 3.50. The van der Waals surface area contributed by atoms with Crippen LogP contribution in [-0.4, -0.2) is 11.2 Å². The Labute approximate surface area is 83.7 Å². The number of nitrogens with one attached hydrogen (secondary N) is 1. The first kappa shape index (κ1) is 8.20. The van der Waals surface area contributed by atoms with E-state index in [4.69, 9.17) is 0 Å². The number of H-pyrrole nitrogens is 1. The van der Waals surface area contributed by atoms with Gasteiger partial charge in [0, 0.05) is 21.0 Å². The van der Waals surface area contributed by atoms with Crippen LogP contribution in [0.1, 0.15) is 0 Å². The fraction of sp³-hybridized carbons (Fsp3) is 0.111. The molecule has 1 N–H and O–H groups in total. The molecule has 0 fully saturated rings. The van der Waals surface area contributed by atoms with E-state index in [0.717, 1.165) is 4.47 Å². The van der Waals surface area contributed by atoms with Crippen molar-refractivity contribution in [1.82, 2.24) is 4.98 Å². The van der Waals surface area contributed by atoms with E-state index in [1.165, 1.54) is 15.8 Å². The molecule has 2 rings (SSSR count). The minimum Gasteiger partial charge on any atom is -0.359 e. The Bertz CT molecular complexity index is 408. The minimum absolute atomic E-state index is 1.13. The highest BCUT2D eigenvalue weighted by Crippen LogP contribution is 2.30. The summed E-state index contributed by atoms with van der Waals surface area (Å²) in [6, 6.07) is 6.23. The molecule has 3 heteroatoms.